The van der Waals surface area contributed by atoms with Gasteiger partial charge in [0.15, 0.2) is 0 Å². The van der Waals surface area contributed by atoms with Gasteiger partial charge in [0.05, 0.1) is 19.8 Å². The van der Waals surface area contributed by atoms with Gasteiger partial charge in [0, 0.05) is 51.1 Å². The van der Waals surface area contributed by atoms with Gasteiger partial charge in [0.2, 0.25) is 0 Å². The van der Waals surface area contributed by atoms with Crippen LogP contribution in [0.3, 0.4) is 0 Å². The number of piperazine rings is 1. The molecule has 8 nitrogen and oxygen atoms in total. The number of nitrogens with two attached hydrogens (primary N) is 2. The van der Waals surface area contributed by atoms with Gasteiger partial charge in [-0.1, -0.05) is 6.07 Å². The molecule has 2 heterocycles. The van der Waals surface area contributed by atoms with Gasteiger partial charge in [-0.2, -0.15) is 0 Å². The molecule has 2 amide bonds. The number of amides is 2. The van der Waals surface area contributed by atoms with Crippen LogP contribution in [-0.4, -0.2) is 64.4 Å². The first kappa shape index (κ1) is 23.7. The third-order valence-electron chi connectivity index (χ3n) is 5.97. The summed E-state index contributed by atoms with van der Waals surface area (Å²) in [5.41, 5.74) is 15.3. The van der Waals surface area contributed by atoms with Gasteiger partial charge in [-0.25, -0.2) is 4.79 Å². The van der Waals surface area contributed by atoms with Crippen LogP contribution < -0.4 is 26.4 Å². The molecule has 8 heteroatoms. The first-order valence-corrected chi connectivity index (χ1v) is 11.1. The van der Waals surface area contributed by atoms with Gasteiger partial charge in [0.1, 0.15) is 5.75 Å². The molecule has 5 N–H and O–H groups in total. The Hall–Kier alpha value is -2.97. The standard InChI is InChI=1S/C22H29N3O2.C2H6N2O/c1-26-20-5-3-19(4-6-20)25-13-11-24(12-14-25)10-8-22-21-7-2-18(23)16-17(21)9-15-27-22;1-4-2(3)5/h2-7,16,22H,8-15,23H2,1H3;1H3,(H3,3,4,5)/t22-;/m0./s1. The van der Waals surface area contributed by atoms with Gasteiger partial charge in [-0.05, 0) is 60.4 Å². The summed E-state index contributed by atoms with van der Waals surface area (Å²) in [7, 11) is 3.18. The number of carbonyl (C=O) groups excluding carboxylic acids is 1. The Bertz CT molecular complexity index is 866. The third-order valence-corrected chi connectivity index (χ3v) is 5.97. The highest BCUT2D eigenvalue weighted by Gasteiger charge is 2.23. The highest BCUT2D eigenvalue weighted by molar-refractivity contribution is 5.71. The predicted octanol–water partition coefficient (Wildman–Crippen LogP) is 2.39. The van der Waals surface area contributed by atoms with Crippen molar-refractivity contribution in [3.63, 3.8) is 0 Å². The lowest BCUT2D eigenvalue weighted by atomic mass is 9.95. The molecule has 0 aromatic heterocycles. The van der Waals surface area contributed by atoms with Gasteiger partial charge in [-0.15, -0.1) is 0 Å². The van der Waals surface area contributed by atoms with E-state index in [2.05, 4.69) is 45.1 Å². The van der Waals surface area contributed by atoms with E-state index in [1.165, 1.54) is 23.9 Å². The highest BCUT2D eigenvalue weighted by atomic mass is 16.5. The van der Waals surface area contributed by atoms with Crippen LogP contribution in [0, 0.1) is 0 Å². The van der Waals surface area contributed by atoms with E-state index in [1.807, 2.05) is 18.2 Å². The molecule has 2 aliphatic heterocycles. The summed E-state index contributed by atoms with van der Waals surface area (Å²) in [6.45, 7) is 6.17. The first-order chi connectivity index (χ1) is 15.5. The van der Waals surface area contributed by atoms with Crippen LogP contribution in [0.4, 0.5) is 16.2 Å². The number of carbonyl (C=O) groups is 1. The molecule has 32 heavy (non-hydrogen) atoms. The van der Waals surface area contributed by atoms with Crippen molar-refractivity contribution >= 4 is 17.4 Å². The Morgan fingerprint density at radius 2 is 1.84 bits per heavy atom. The van der Waals surface area contributed by atoms with E-state index in [-0.39, 0.29) is 6.10 Å². The smallest absolute Gasteiger partial charge is 0.311 e. The number of hydrogen-bond acceptors (Lipinski definition) is 6. The van der Waals surface area contributed by atoms with E-state index >= 15 is 0 Å². The molecule has 0 radical (unpaired) electrons. The summed E-state index contributed by atoms with van der Waals surface area (Å²) in [4.78, 5) is 14.5. The molecule has 1 atom stereocenters. The maximum Gasteiger partial charge on any atom is 0.311 e. The summed E-state index contributed by atoms with van der Waals surface area (Å²) < 4.78 is 11.3. The Kier molecular flexibility index (Phi) is 8.58. The number of rotatable bonds is 5. The largest absolute Gasteiger partial charge is 0.497 e. The predicted molar refractivity (Wildman–Crippen MR) is 128 cm³/mol. The number of hydrogen-bond donors (Lipinski definition) is 3. The SMILES string of the molecule is CNC(N)=O.COc1ccc(N2CCN(CC[C@@H]3OCCc4cc(N)ccc43)CC2)cc1. The molecule has 2 aromatic carbocycles. The van der Waals surface area contributed by atoms with Crippen molar-refractivity contribution < 1.29 is 14.3 Å². The Morgan fingerprint density at radius 1 is 1.16 bits per heavy atom. The molecular weight excluding hydrogens is 406 g/mol. The van der Waals surface area contributed by atoms with Crippen LogP contribution in [0.2, 0.25) is 0 Å². The van der Waals surface area contributed by atoms with Gasteiger partial charge in [0.25, 0.3) is 0 Å². The Balaban J connectivity index is 0.000000523. The Labute approximate surface area is 190 Å². The highest BCUT2D eigenvalue weighted by Crippen LogP contribution is 2.31. The summed E-state index contributed by atoms with van der Waals surface area (Å²) in [5.74, 6) is 0.909. The zero-order valence-electron chi connectivity index (χ0n) is 19.0. The molecule has 0 aliphatic carbocycles. The van der Waals surface area contributed by atoms with E-state index in [0.29, 0.717) is 0 Å². The minimum atomic E-state index is -0.495. The minimum Gasteiger partial charge on any atom is -0.497 e. The second-order valence-electron chi connectivity index (χ2n) is 8.00. The molecule has 0 spiro atoms. The topological polar surface area (TPSA) is 106 Å². The van der Waals surface area contributed by atoms with Crippen LogP contribution in [-0.2, 0) is 11.2 Å². The van der Waals surface area contributed by atoms with Crippen molar-refractivity contribution in [2.45, 2.75) is 18.9 Å². The number of ether oxygens (including phenoxy) is 2. The van der Waals surface area contributed by atoms with Gasteiger partial charge < -0.3 is 31.2 Å². The monoisotopic (exact) mass is 441 g/mol. The van der Waals surface area contributed by atoms with Crippen molar-refractivity contribution in [2.24, 2.45) is 5.73 Å². The lowest BCUT2D eigenvalue weighted by Gasteiger charge is -2.37. The maximum atomic E-state index is 9.48. The molecule has 1 saturated heterocycles. The number of methoxy groups -OCH3 is 1. The summed E-state index contributed by atoms with van der Waals surface area (Å²) in [6.07, 6.45) is 2.21. The zero-order valence-corrected chi connectivity index (χ0v) is 19.0. The van der Waals surface area contributed by atoms with Crippen LogP contribution >= 0.6 is 0 Å². The zero-order chi connectivity index (χ0) is 22.9. The third kappa shape index (κ3) is 6.51. The van der Waals surface area contributed by atoms with E-state index < -0.39 is 6.03 Å². The fourth-order valence-electron chi connectivity index (χ4n) is 4.12. The number of anilines is 2. The first-order valence-electron chi connectivity index (χ1n) is 11.1. The van der Waals surface area contributed by atoms with Crippen LogP contribution in [0.15, 0.2) is 42.5 Å². The average Bonchev–Trinajstić information content (AvgIpc) is 2.83. The number of primary amides is 1. The van der Waals surface area contributed by atoms with Crippen molar-refractivity contribution in [3.05, 3.63) is 53.6 Å². The van der Waals surface area contributed by atoms with Crippen LogP contribution in [0.25, 0.3) is 0 Å². The normalized spacial score (nSPS) is 18.2. The summed E-state index contributed by atoms with van der Waals surface area (Å²) in [6, 6.07) is 14.1. The number of benzene rings is 2. The van der Waals surface area contributed by atoms with E-state index in [0.717, 1.165) is 63.6 Å². The summed E-state index contributed by atoms with van der Waals surface area (Å²) in [5, 5.41) is 2.17. The molecule has 1 fully saturated rings. The molecule has 0 saturated carbocycles. The second-order valence-corrected chi connectivity index (χ2v) is 8.00. The van der Waals surface area contributed by atoms with Gasteiger partial charge in [-0.3, -0.25) is 4.90 Å². The van der Waals surface area contributed by atoms with Crippen molar-refractivity contribution in [1.29, 1.82) is 0 Å². The number of urea groups is 1. The average molecular weight is 442 g/mol. The molecular formula is C24H35N5O3. The lowest BCUT2D eigenvalue weighted by Crippen LogP contribution is -2.46. The van der Waals surface area contributed by atoms with E-state index in [4.69, 9.17) is 15.2 Å². The molecule has 0 unspecified atom stereocenters. The second kappa shape index (κ2) is 11.6. The fraction of sp³-hybridized carbons (Fsp3) is 0.458. The molecule has 0 bridgehead atoms. The van der Waals surface area contributed by atoms with Crippen molar-refractivity contribution in [1.82, 2.24) is 10.2 Å². The van der Waals surface area contributed by atoms with E-state index in [9.17, 15) is 4.79 Å². The van der Waals surface area contributed by atoms with Crippen molar-refractivity contribution in [2.75, 3.05) is 64.1 Å². The van der Waals surface area contributed by atoms with Gasteiger partial charge >= 0.3 is 6.03 Å². The van der Waals surface area contributed by atoms with E-state index in [1.54, 1.807) is 7.11 Å². The molecule has 174 valence electrons. The number of nitrogen functional groups attached to an aromatic ring is 1. The van der Waals surface area contributed by atoms with Crippen molar-refractivity contribution in [3.8, 4) is 5.75 Å². The minimum absolute atomic E-state index is 0.203. The quantitative estimate of drug-likeness (QED) is 0.615. The summed E-state index contributed by atoms with van der Waals surface area (Å²) >= 11 is 0. The number of nitrogens with one attached hydrogen (secondary N) is 1. The van der Waals surface area contributed by atoms with Crippen LogP contribution in [0.1, 0.15) is 23.7 Å². The number of fused-ring (bicyclic) bond motifs is 1. The molecule has 2 aliphatic rings. The molecule has 4 rings (SSSR count). The fourth-order valence-corrected chi connectivity index (χ4v) is 4.12. The number of nitrogens with zero attached hydrogens (tertiary/aromatic N) is 2. The lowest BCUT2D eigenvalue weighted by molar-refractivity contribution is 0.0289. The Morgan fingerprint density at radius 3 is 2.47 bits per heavy atom. The van der Waals surface area contributed by atoms with Crippen LogP contribution in [0.5, 0.6) is 5.75 Å². The molecule has 2 aromatic rings. The maximum absolute atomic E-state index is 9.48.